The van der Waals surface area contributed by atoms with Gasteiger partial charge in [-0.1, -0.05) is 84.9 Å². The highest BCUT2D eigenvalue weighted by Crippen LogP contribution is 2.30. The average molecular weight is 709 g/mol. The van der Waals surface area contributed by atoms with Gasteiger partial charge in [0.25, 0.3) is 10.0 Å². The van der Waals surface area contributed by atoms with Crippen LogP contribution in [0.3, 0.4) is 0 Å². The Morgan fingerprint density at radius 1 is 0.896 bits per heavy atom. The molecule has 4 aromatic rings. The van der Waals surface area contributed by atoms with Crippen LogP contribution in [-0.2, 0) is 26.2 Å². The van der Waals surface area contributed by atoms with Gasteiger partial charge >= 0.3 is 0 Å². The first-order valence-electron chi connectivity index (χ1n) is 16.0. The number of hydrogen-bond acceptors (Lipinski definition) is 5. The fourth-order valence-electron chi connectivity index (χ4n) is 5.79. The number of carbonyl (C=O) groups is 2. The molecule has 1 saturated carbocycles. The van der Waals surface area contributed by atoms with Crippen LogP contribution in [0.1, 0.15) is 50.2 Å². The molecule has 1 aliphatic carbocycles. The standard InChI is InChI=1S/C37H39Cl2N3O5S/c1-3-35(37(44)40-29-9-7-8-10-29)41(24-27-15-16-28(38)23-34(27)39)36(43)25-42(48(45,46)33-21-13-26(2)14-22-33)30-17-19-32(20-18-30)47-31-11-5-4-6-12-31/h4-6,11-23,29,35H,3,7-10,24-25H2,1-2H3,(H,40,44). The number of hydrogen-bond donors (Lipinski definition) is 1. The first-order chi connectivity index (χ1) is 23.0. The lowest BCUT2D eigenvalue weighted by molar-refractivity contribution is -0.140. The molecule has 1 fully saturated rings. The van der Waals surface area contributed by atoms with E-state index in [4.69, 9.17) is 27.9 Å². The molecule has 11 heteroatoms. The molecule has 48 heavy (non-hydrogen) atoms. The second-order valence-corrected chi connectivity index (χ2v) is 14.6. The van der Waals surface area contributed by atoms with Crippen LogP contribution in [0.5, 0.6) is 11.5 Å². The summed E-state index contributed by atoms with van der Waals surface area (Å²) < 4.78 is 35.5. The van der Waals surface area contributed by atoms with E-state index < -0.39 is 28.5 Å². The number of para-hydroxylation sites is 1. The molecule has 252 valence electrons. The lowest BCUT2D eigenvalue weighted by Crippen LogP contribution is -2.53. The third-order valence-electron chi connectivity index (χ3n) is 8.43. The second kappa shape index (κ2) is 15.9. The van der Waals surface area contributed by atoms with Crippen LogP contribution in [-0.4, -0.2) is 43.8 Å². The normalized spacial score (nSPS) is 13.9. The third-order valence-corrected chi connectivity index (χ3v) is 10.8. The summed E-state index contributed by atoms with van der Waals surface area (Å²) in [5, 5.41) is 3.89. The Hall–Kier alpha value is -4.05. The highest BCUT2D eigenvalue weighted by molar-refractivity contribution is 7.92. The van der Waals surface area contributed by atoms with E-state index in [-0.39, 0.29) is 29.1 Å². The van der Waals surface area contributed by atoms with Crippen molar-refractivity contribution in [2.75, 3.05) is 10.8 Å². The number of amides is 2. The lowest BCUT2D eigenvalue weighted by atomic mass is 10.1. The van der Waals surface area contributed by atoms with Crippen LogP contribution >= 0.6 is 23.2 Å². The van der Waals surface area contributed by atoms with Crippen molar-refractivity contribution in [3.63, 3.8) is 0 Å². The van der Waals surface area contributed by atoms with Gasteiger partial charge in [-0.3, -0.25) is 13.9 Å². The Morgan fingerprint density at radius 3 is 2.17 bits per heavy atom. The van der Waals surface area contributed by atoms with Crippen LogP contribution in [0.4, 0.5) is 5.69 Å². The molecule has 0 bridgehead atoms. The topological polar surface area (TPSA) is 96.0 Å². The summed E-state index contributed by atoms with van der Waals surface area (Å²) in [6.45, 7) is 3.11. The van der Waals surface area contributed by atoms with Gasteiger partial charge in [0, 0.05) is 22.6 Å². The van der Waals surface area contributed by atoms with Crippen LogP contribution in [0.2, 0.25) is 10.0 Å². The van der Waals surface area contributed by atoms with Crippen molar-refractivity contribution in [3.8, 4) is 11.5 Å². The molecular weight excluding hydrogens is 669 g/mol. The van der Waals surface area contributed by atoms with E-state index in [1.807, 2.05) is 44.2 Å². The maximum atomic E-state index is 14.4. The van der Waals surface area contributed by atoms with Gasteiger partial charge in [0.2, 0.25) is 11.8 Å². The van der Waals surface area contributed by atoms with E-state index >= 15 is 0 Å². The average Bonchev–Trinajstić information content (AvgIpc) is 3.58. The largest absolute Gasteiger partial charge is 0.457 e. The molecule has 0 saturated heterocycles. The molecule has 2 amide bonds. The van der Waals surface area contributed by atoms with Crippen molar-refractivity contribution in [3.05, 3.63) is 118 Å². The summed E-state index contributed by atoms with van der Waals surface area (Å²) in [4.78, 5) is 29.6. The van der Waals surface area contributed by atoms with Crippen molar-refractivity contribution in [2.24, 2.45) is 0 Å². The smallest absolute Gasteiger partial charge is 0.264 e. The van der Waals surface area contributed by atoms with Crippen LogP contribution in [0, 0.1) is 6.92 Å². The Balaban J connectivity index is 1.50. The minimum atomic E-state index is -4.23. The highest BCUT2D eigenvalue weighted by Gasteiger charge is 2.35. The molecule has 1 aliphatic rings. The number of aryl methyl sites for hydroxylation is 1. The van der Waals surface area contributed by atoms with Gasteiger partial charge < -0.3 is 15.0 Å². The summed E-state index contributed by atoms with van der Waals surface area (Å²) in [5.41, 5.74) is 1.73. The van der Waals surface area contributed by atoms with Gasteiger partial charge in [0.15, 0.2) is 0 Å². The number of nitrogens with zero attached hydrogens (tertiary/aromatic N) is 2. The van der Waals surface area contributed by atoms with E-state index in [9.17, 15) is 18.0 Å². The maximum Gasteiger partial charge on any atom is 0.264 e. The minimum Gasteiger partial charge on any atom is -0.457 e. The predicted molar refractivity (Wildman–Crippen MR) is 190 cm³/mol. The van der Waals surface area contributed by atoms with E-state index in [0.717, 1.165) is 35.6 Å². The number of halogens is 2. The zero-order chi connectivity index (χ0) is 34.3. The van der Waals surface area contributed by atoms with Gasteiger partial charge in [-0.05, 0) is 92.4 Å². The Labute approximate surface area is 292 Å². The number of nitrogens with one attached hydrogen (secondary N) is 1. The third kappa shape index (κ3) is 8.69. The molecule has 0 radical (unpaired) electrons. The van der Waals surface area contributed by atoms with Gasteiger partial charge in [0.05, 0.1) is 10.6 Å². The Bertz CT molecular complexity index is 1810. The Kier molecular flexibility index (Phi) is 11.7. The van der Waals surface area contributed by atoms with Crippen molar-refractivity contribution in [1.82, 2.24) is 10.2 Å². The first-order valence-corrected chi connectivity index (χ1v) is 18.2. The molecule has 0 spiro atoms. The second-order valence-electron chi connectivity index (χ2n) is 11.9. The number of ether oxygens (including phenoxy) is 1. The molecule has 0 aromatic heterocycles. The molecule has 1 unspecified atom stereocenters. The van der Waals surface area contributed by atoms with Gasteiger partial charge in [-0.15, -0.1) is 0 Å². The van der Waals surface area contributed by atoms with E-state index in [1.54, 1.807) is 54.6 Å². The summed E-state index contributed by atoms with van der Waals surface area (Å²) >= 11 is 12.7. The molecule has 0 heterocycles. The van der Waals surface area contributed by atoms with Crippen LogP contribution < -0.4 is 14.4 Å². The van der Waals surface area contributed by atoms with E-state index in [2.05, 4.69) is 5.32 Å². The van der Waals surface area contributed by atoms with Crippen LogP contribution in [0.15, 0.2) is 102 Å². The zero-order valence-corrected chi connectivity index (χ0v) is 29.3. The fourth-order valence-corrected chi connectivity index (χ4v) is 7.67. The number of rotatable bonds is 13. The van der Waals surface area contributed by atoms with E-state index in [0.29, 0.717) is 33.5 Å². The summed E-state index contributed by atoms with van der Waals surface area (Å²) in [7, 11) is -4.23. The van der Waals surface area contributed by atoms with E-state index in [1.165, 1.54) is 17.0 Å². The van der Waals surface area contributed by atoms with Crippen molar-refractivity contribution in [1.29, 1.82) is 0 Å². The molecule has 5 rings (SSSR count). The maximum absolute atomic E-state index is 14.4. The molecule has 1 atom stereocenters. The quantitative estimate of drug-likeness (QED) is 0.151. The molecule has 4 aromatic carbocycles. The van der Waals surface area contributed by atoms with Gasteiger partial charge in [-0.2, -0.15) is 0 Å². The number of carbonyl (C=O) groups excluding carboxylic acids is 2. The van der Waals surface area contributed by atoms with Crippen LogP contribution in [0.25, 0.3) is 0 Å². The molecule has 0 aliphatic heterocycles. The Morgan fingerprint density at radius 2 is 1.54 bits per heavy atom. The first kappa shape index (κ1) is 35.3. The minimum absolute atomic E-state index is 0.0201. The monoisotopic (exact) mass is 707 g/mol. The number of anilines is 1. The van der Waals surface area contributed by atoms with Gasteiger partial charge in [-0.25, -0.2) is 8.42 Å². The number of benzene rings is 4. The van der Waals surface area contributed by atoms with Gasteiger partial charge in [0.1, 0.15) is 24.1 Å². The SMILES string of the molecule is CCC(C(=O)NC1CCCC1)N(Cc1ccc(Cl)cc1Cl)C(=O)CN(c1ccc(Oc2ccccc2)cc1)S(=O)(=O)c1ccc(C)cc1. The molecular formula is C37H39Cl2N3O5S. The highest BCUT2D eigenvalue weighted by atomic mass is 35.5. The van der Waals surface area contributed by atoms with Crippen molar-refractivity contribution >= 4 is 50.7 Å². The molecule has 1 N–H and O–H groups in total. The van der Waals surface area contributed by atoms with Crippen molar-refractivity contribution in [2.45, 2.75) is 69.5 Å². The zero-order valence-electron chi connectivity index (χ0n) is 26.9. The predicted octanol–water partition coefficient (Wildman–Crippen LogP) is 8.16. The van der Waals surface area contributed by atoms with Crippen molar-refractivity contribution < 1.29 is 22.7 Å². The summed E-state index contributed by atoms with van der Waals surface area (Å²) in [5.74, 6) is 0.285. The summed E-state index contributed by atoms with van der Waals surface area (Å²) in [6.07, 6.45) is 4.14. The lowest BCUT2D eigenvalue weighted by Gasteiger charge is -2.34. The molecule has 8 nitrogen and oxygen atoms in total. The summed E-state index contributed by atoms with van der Waals surface area (Å²) in [6, 6.07) is 26.3. The fraction of sp³-hybridized carbons (Fsp3) is 0.297. The number of sulfonamides is 1.